The Balaban J connectivity index is 2.79. The van der Waals surface area contributed by atoms with E-state index in [1.165, 1.54) is 12.8 Å². The number of hydrogen-bond donors (Lipinski definition) is 1. The van der Waals surface area contributed by atoms with E-state index in [4.69, 9.17) is 15.2 Å². The van der Waals surface area contributed by atoms with Crippen molar-refractivity contribution in [2.24, 2.45) is 17.6 Å². The molecule has 1 saturated carbocycles. The molecule has 1 atom stereocenters. The van der Waals surface area contributed by atoms with Gasteiger partial charge in [-0.2, -0.15) is 0 Å². The zero-order valence-electron chi connectivity index (χ0n) is 12.4. The summed E-state index contributed by atoms with van der Waals surface area (Å²) < 4.78 is 10.7. The third-order valence-corrected chi connectivity index (χ3v) is 3.87. The summed E-state index contributed by atoms with van der Waals surface area (Å²) in [5, 5.41) is 0. The fourth-order valence-electron chi connectivity index (χ4n) is 2.83. The van der Waals surface area contributed by atoms with Crippen LogP contribution >= 0.6 is 0 Å². The molecule has 1 rings (SSSR count). The number of methoxy groups -OCH3 is 2. The van der Waals surface area contributed by atoms with E-state index in [1.807, 2.05) is 0 Å². The van der Waals surface area contributed by atoms with Gasteiger partial charge in [0.05, 0.1) is 18.8 Å². The predicted octanol–water partition coefficient (Wildman–Crippen LogP) is 1.34. The fourth-order valence-corrected chi connectivity index (χ4v) is 2.83. The largest absolute Gasteiger partial charge is 0.383 e. The molecule has 108 valence electrons. The van der Waals surface area contributed by atoms with Gasteiger partial charge in [0.15, 0.2) is 0 Å². The van der Waals surface area contributed by atoms with Gasteiger partial charge in [-0.1, -0.05) is 13.8 Å². The molecule has 4 heteroatoms. The lowest BCUT2D eigenvalue weighted by Crippen LogP contribution is -2.60. The molecule has 4 nitrogen and oxygen atoms in total. The molecule has 0 spiro atoms. The molecule has 1 fully saturated rings. The third-order valence-electron chi connectivity index (χ3n) is 3.87. The van der Waals surface area contributed by atoms with E-state index in [9.17, 15) is 0 Å². The van der Waals surface area contributed by atoms with Gasteiger partial charge in [0.25, 0.3) is 0 Å². The van der Waals surface area contributed by atoms with Crippen molar-refractivity contribution < 1.29 is 9.47 Å². The molecule has 0 heterocycles. The van der Waals surface area contributed by atoms with Crippen LogP contribution in [-0.4, -0.2) is 57.5 Å². The first-order valence-corrected chi connectivity index (χ1v) is 7.03. The first kappa shape index (κ1) is 15.9. The highest BCUT2D eigenvalue weighted by molar-refractivity contribution is 5.03. The molecular formula is C14H30N2O2. The topological polar surface area (TPSA) is 47.7 Å². The van der Waals surface area contributed by atoms with Gasteiger partial charge >= 0.3 is 0 Å². The van der Waals surface area contributed by atoms with Gasteiger partial charge < -0.3 is 15.2 Å². The van der Waals surface area contributed by atoms with Crippen LogP contribution in [0.2, 0.25) is 0 Å². The lowest BCUT2D eigenvalue weighted by atomic mass is 9.90. The maximum atomic E-state index is 6.12. The summed E-state index contributed by atoms with van der Waals surface area (Å²) in [5.74, 6) is 1.32. The minimum atomic E-state index is 0.0115. The van der Waals surface area contributed by atoms with Crippen LogP contribution in [0, 0.1) is 11.8 Å². The van der Waals surface area contributed by atoms with Crippen LogP contribution in [0.15, 0.2) is 0 Å². The van der Waals surface area contributed by atoms with Crippen LogP contribution in [0.5, 0.6) is 0 Å². The van der Waals surface area contributed by atoms with Gasteiger partial charge in [-0.15, -0.1) is 0 Å². The van der Waals surface area contributed by atoms with Gasteiger partial charge in [0, 0.05) is 33.9 Å². The van der Waals surface area contributed by atoms with Crippen molar-refractivity contribution in [3.05, 3.63) is 0 Å². The Hall–Kier alpha value is -0.160. The van der Waals surface area contributed by atoms with Gasteiger partial charge in [0.1, 0.15) is 0 Å². The van der Waals surface area contributed by atoms with Crippen LogP contribution in [0.1, 0.15) is 26.7 Å². The standard InChI is InChI=1S/C14H30N2O2/c1-12(2)9-16(7-8-17-3)14(10-15,11-18-4)13-5-6-13/h12-13H,5-11,15H2,1-4H3. The molecule has 0 bridgehead atoms. The van der Waals surface area contributed by atoms with Crippen LogP contribution < -0.4 is 5.73 Å². The Kier molecular flexibility index (Phi) is 6.57. The molecule has 1 aliphatic carbocycles. The molecule has 2 N–H and O–H groups in total. The monoisotopic (exact) mass is 258 g/mol. The van der Waals surface area contributed by atoms with Gasteiger partial charge in [-0.05, 0) is 24.7 Å². The van der Waals surface area contributed by atoms with Crippen molar-refractivity contribution in [2.45, 2.75) is 32.2 Å². The number of nitrogens with zero attached hydrogens (tertiary/aromatic N) is 1. The highest BCUT2D eigenvalue weighted by Crippen LogP contribution is 2.43. The van der Waals surface area contributed by atoms with Crippen molar-refractivity contribution in [3.63, 3.8) is 0 Å². The summed E-state index contributed by atoms with van der Waals surface area (Å²) in [6, 6.07) is 0. The molecule has 0 aliphatic heterocycles. The normalized spacial score (nSPS) is 19.5. The Morgan fingerprint density at radius 1 is 1.28 bits per heavy atom. The lowest BCUT2D eigenvalue weighted by molar-refractivity contribution is -0.0186. The van der Waals surface area contributed by atoms with E-state index in [1.54, 1.807) is 14.2 Å². The van der Waals surface area contributed by atoms with Crippen LogP contribution in [0.25, 0.3) is 0 Å². The smallest absolute Gasteiger partial charge is 0.0661 e. The molecule has 1 unspecified atom stereocenters. The van der Waals surface area contributed by atoms with E-state index in [-0.39, 0.29) is 5.54 Å². The average Bonchev–Trinajstić information content (AvgIpc) is 3.15. The Morgan fingerprint density at radius 3 is 2.33 bits per heavy atom. The average molecular weight is 258 g/mol. The quantitative estimate of drug-likeness (QED) is 0.642. The van der Waals surface area contributed by atoms with Crippen LogP contribution in [-0.2, 0) is 9.47 Å². The molecule has 0 radical (unpaired) electrons. The van der Waals surface area contributed by atoms with E-state index in [0.29, 0.717) is 18.4 Å². The fraction of sp³-hybridized carbons (Fsp3) is 1.00. The van der Waals surface area contributed by atoms with Crippen molar-refractivity contribution in [1.29, 1.82) is 0 Å². The first-order chi connectivity index (χ1) is 8.60. The molecular weight excluding hydrogens is 228 g/mol. The van der Waals surface area contributed by atoms with Crippen molar-refractivity contribution >= 4 is 0 Å². The minimum absolute atomic E-state index is 0.0115. The lowest BCUT2D eigenvalue weighted by Gasteiger charge is -2.44. The second-order valence-corrected chi connectivity index (χ2v) is 5.85. The number of ether oxygens (including phenoxy) is 2. The van der Waals surface area contributed by atoms with Crippen molar-refractivity contribution in [2.75, 3.05) is 47.1 Å². The Bertz CT molecular complexity index is 232. The third kappa shape index (κ3) is 3.92. The molecule has 1 aliphatic rings. The minimum Gasteiger partial charge on any atom is -0.383 e. The highest BCUT2D eigenvalue weighted by Gasteiger charge is 2.48. The number of hydrogen-bond acceptors (Lipinski definition) is 4. The second kappa shape index (κ2) is 7.43. The molecule has 0 aromatic rings. The van der Waals surface area contributed by atoms with E-state index in [2.05, 4.69) is 18.7 Å². The van der Waals surface area contributed by atoms with E-state index in [0.717, 1.165) is 26.3 Å². The van der Waals surface area contributed by atoms with Crippen molar-refractivity contribution in [1.82, 2.24) is 4.90 Å². The second-order valence-electron chi connectivity index (χ2n) is 5.85. The molecule has 0 aromatic carbocycles. The molecule has 0 amide bonds. The predicted molar refractivity (Wildman–Crippen MR) is 74.7 cm³/mol. The summed E-state index contributed by atoms with van der Waals surface area (Å²) in [6.45, 7) is 8.64. The van der Waals surface area contributed by atoms with E-state index >= 15 is 0 Å². The summed E-state index contributed by atoms with van der Waals surface area (Å²) in [5.41, 5.74) is 6.13. The summed E-state index contributed by atoms with van der Waals surface area (Å²) in [6.07, 6.45) is 2.56. The Labute approximate surface area is 112 Å². The van der Waals surface area contributed by atoms with Gasteiger partial charge in [-0.25, -0.2) is 0 Å². The number of rotatable bonds is 10. The zero-order valence-corrected chi connectivity index (χ0v) is 12.4. The molecule has 0 saturated heterocycles. The molecule has 0 aromatic heterocycles. The van der Waals surface area contributed by atoms with Crippen LogP contribution in [0.3, 0.4) is 0 Å². The first-order valence-electron chi connectivity index (χ1n) is 7.03. The summed E-state index contributed by atoms with van der Waals surface area (Å²) in [4.78, 5) is 2.50. The van der Waals surface area contributed by atoms with E-state index < -0.39 is 0 Å². The van der Waals surface area contributed by atoms with Crippen molar-refractivity contribution in [3.8, 4) is 0 Å². The van der Waals surface area contributed by atoms with Gasteiger partial charge in [-0.3, -0.25) is 4.90 Å². The van der Waals surface area contributed by atoms with Crippen LogP contribution in [0.4, 0.5) is 0 Å². The summed E-state index contributed by atoms with van der Waals surface area (Å²) >= 11 is 0. The number of nitrogens with two attached hydrogens (primary N) is 1. The van der Waals surface area contributed by atoms with Gasteiger partial charge in [0.2, 0.25) is 0 Å². The molecule has 18 heavy (non-hydrogen) atoms. The maximum Gasteiger partial charge on any atom is 0.0661 e. The maximum absolute atomic E-state index is 6.12. The highest BCUT2D eigenvalue weighted by atomic mass is 16.5. The Morgan fingerprint density at radius 2 is 1.94 bits per heavy atom. The summed E-state index contributed by atoms with van der Waals surface area (Å²) in [7, 11) is 3.53. The SMILES string of the molecule is COCCN(CC(C)C)C(CN)(COC)C1CC1. The zero-order chi connectivity index (χ0) is 13.6.